The Morgan fingerprint density at radius 1 is 1.43 bits per heavy atom. The van der Waals surface area contributed by atoms with Gasteiger partial charge in [0.15, 0.2) is 0 Å². The highest BCUT2D eigenvalue weighted by Crippen LogP contribution is 2.33. The first-order valence-corrected chi connectivity index (χ1v) is 5.32. The molecule has 1 aromatic rings. The van der Waals surface area contributed by atoms with E-state index in [-0.39, 0.29) is 0 Å². The summed E-state index contributed by atoms with van der Waals surface area (Å²) in [6.45, 7) is 1.98. The number of hydrogen-bond acceptors (Lipinski definition) is 2. The van der Waals surface area contributed by atoms with Gasteiger partial charge in [0.1, 0.15) is 6.29 Å². The third-order valence-corrected chi connectivity index (χ3v) is 3.34. The second-order valence-corrected chi connectivity index (χ2v) is 4.20. The lowest BCUT2D eigenvalue weighted by Gasteiger charge is -2.16. The Kier molecular flexibility index (Phi) is 2.50. The largest absolute Gasteiger partial charge is 0.298 e. The fourth-order valence-corrected chi connectivity index (χ4v) is 2.30. The van der Waals surface area contributed by atoms with Crippen molar-refractivity contribution in [1.29, 1.82) is 0 Å². The maximum atomic E-state index is 10.7. The Morgan fingerprint density at radius 2 is 2.21 bits per heavy atom. The highest BCUT2D eigenvalue weighted by molar-refractivity contribution is 9.15. The van der Waals surface area contributed by atoms with Crippen LogP contribution in [0, 0.1) is 6.92 Å². The van der Waals surface area contributed by atoms with Gasteiger partial charge in [-0.15, -0.1) is 0 Å². The van der Waals surface area contributed by atoms with E-state index in [0.717, 1.165) is 46.1 Å². The first-order chi connectivity index (χ1) is 6.72. The predicted octanol–water partition coefficient (Wildman–Crippen LogP) is 2.64. The number of aromatic nitrogens is 1. The lowest BCUT2D eigenvalue weighted by atomic mass is 9.97. The normalized spacial score (nSPS) is 15.3. The van der Waals surface area contributed by atoms with Crippen molar-refractivity contribution in [2.75, 3.05) is 0 Å². The highest BCUT2D eigenvalue weighted by atomic mass is 79.9. The fraction of sp³-hybridized carbons (Fsp3) is 0.273. The van der Waals surface area contributed by atoms with Crippen molar-refractivity contribution in [1.82, 2.24) is 4.98 Å². The molecule has 0 unspecified atom stereocenters. The molecule has 0 atom stereocenters. The van der Waals surface area contributed by atoms with Crippen molar-refractivity contribution in [2.45, 2.75) is 19.8 Å². The fourth-order valence-electron chi connectivity index (χ4n) is 1.65. The highest BCUT2D eigenvalue weighted by Gasteiger charge is 2.17. The monoisotopic (exact) mass is 251 g/mol. The van der Waals surface area contributed by atoms with E-state index >= 15 is 0 Å². The molecule has 3 heteroatoms. The standard InChI is InChI=1S/C11H10BrNO/c1-7-2-4-9-10(13-7)5-3-8(6-14)11(9)12/h2,4,6H,3,5H2,1H3. The van der Waals surface area contributed by atoms with Crippen LogP contribution >= 0.6 is 15.9 Å². The molecule has 1 aromatic heterocycles. The summed E-state index contributed by atoms with van der Waals surface area (Å²) >= 11 is 3.45. The third-order valence-electron chi connectivity index (χ3n) is 2.41. The minimum atomic E-state index is 0.785. The van der Waals surface area contributed by atoms with E-state index in [1.165, 1.54) is 0 Å². The molecule has 2 rings (SSSR count). The van der Waals surface area contributed by atoms with Crippen LogP contribution in [0.25, 0.3) is 4.48 Å². The van der Waals surface area contributed by atoms with Gasteiger partial charge in [0.2, 0.25) is 0 Å². The molecule has 1 aliphatic rings. The maximum Gasteiger partial charge on any atom is 0.147 e. The van der Waals surface area contributed by atoms with Crippen LogP contribution in [0.2, 0.25) is 0 Å². The van der Waals surface area contributed by atoms with Crippen molar-refractivity contribution < 1.29 is 4.79 Å². The van der Waals surface area contributed by atoms with Crippen LogP contribution in [0.5, 0.6) is 0 Å². The molecule has 2 nitrogen and oxygen atoms in total. The van der Waals surface area contributed by atoms with Crippen LogP contribution in [0.1, 0.15) is 23.4 Å². The molecule has 0 N–H and O–H groups in total. The van der Waals surface area contributed by atoms with Crippen molar-refractivity contribution in [3.8, 4) is 0 Å². The number of pyridine rings is 1. The molecule has 0 aromatic carbocycles. The Morgan fingerprint density at radius 3 is 2.93 bits per heavy atom. The summed E-state index contributed by atoms with van der Waals surface area (Å²) in [5.74, 6) is 0. The van der Waals surface area contributed by atoms with Gasteiger partial charge >= 0.3 is 0 Å². The number of fused-ring (bicyclic) bond motifs is 1. The number of hydrogen-bond donors (Lipinski definition) is 0. The Labute approximate surface area is 91.2 Å². The zero-order valence-corrected chi connectivity index (χ0v) is 9.47. The molecular weight excluding hydrogens is 242 g/mol. The predicted molar refractivity (Wildman–Crippen MR) is 59.2 cm³/mol. The molecular formula is C11H10BrNO. The molecule has 72 valence electrons. The van der Waals surface area contributed by atoms with E-state index in [4.69, 9.17) is 0 Å². The number of nitrogens with zero attached hydrogens (tertiary/aromatic N) is 1. The van der Waals surface area contributed by atoms with Crippen molar-refractivity contribution in [3.63, 3.8) is 0 Å². The summed E-state index contributed by atoms with van der Waals surface area (Å²) < 4.78 is 0.904. The topological polar surface area (TPSA) is 30.0 Å². The van der Waals surface area contributed by atoms with Crippen molar-refractivity contribution in [3.05, 3.63) is 34.7 Å². The average Bonchev–Trinajstić information content (AvgIpc) is 2.18. The van der Waals surface area contributed by atoms with Crippen LogP contribution in [-0.2, 0) is 11.2 Å². The van der Waals surface area contributed by atoms with E-state index in [1.807, 2.05) is 19.1 Å². The van der Waals surface area contributed by atoms with E-state index in [9.17, 15) is 4.79 Å². The number of rotatable bonds is 1. The quantitative estimate of drug-likeness (QED) is 0.719. The lowest BCUT2D eigenvalue weighted by molar-refractivity contribution is -0.105. The van der Waals surface area contributed by atoms with E-state index < -0.39 is 0 Å². The number of allylic oxidation sites excluding steroid dienone is 1. The average molecular weight is 252 g/mol. The lowest BCUT2D eigenvalue weighted by Crippen LogP contribution is -2.06. The van der Waals surface area contributed by atoms with E-state index in [2.05, 4.69) is 20.9 Å². The molecule has 0 saturated heterocycles. The number of aryl methyl sites for hydroxylation is 2. The van der Waals surface area contributed by atoms with Gasteiger partial charge in [0.25, 0.3) is 0 Å². The molecule has 0 amide bonds. The first kappa shape index (κ1) is 9.59. The molecule has 0 aliphatic heterocycles. The van der Waals surface area contributed by atoms with Gasteiger partial charge in [-0.2, -0.15) is 0 Å². The number of halogens is 1. The van der Waals surface area contributed by atoms with Gasteiger partial charge in [0.05, 0.1) is 0 Å². The van der Waals surface area contributed by atoms with Gasteiger partial charge in [0, 0.05) is 27.0 Å². The second kappa shape index (κ2) is 3.65. The zero-order valence-electron chi connectivity index (χ0n) is 7.88. The van der Waals surface area contributed by atoms with Crippen LogP contribution < -0.4 is 0 Å². The summed E-state index contributed by atoms with van der Waals surface area (Å²) in [7, 11) is 0. The van der Waals surface area contributed by atoms with Crippen molar-refractivity contribution in [2.24, 2.45) is 0 Å². The van der Waals surface area contributed by atoms with Gasteiger partial charge in [-0.25, -0.2) is 0 Å². The van der Waals surface area contributed by atoms with Gasteiger partial charge in [-0.1, -0.05) is 6.07 Å². The smallest absolute Gasteiger partial charge is 0.147 e. The van der Waals surface area contributed by atoms with E-state index in [1.54, 1.807) is 0 Å². The Hall–Kier alpha value is -0.960. The van der Waals surface area contributed by atoms with Crippen LogP contribution in [0.3, 0.4) is 0 Å². The van der Waals surface area contributed by atoms with E-state index in [0.29, 0.717) is 0 Å². The first-order valence-electron chi connectivity index (χ1n) is 4.53. The molecule has 14 heavy (non-hydrogen) atoms. The second-order valence-electron chi connectivity index (χ2n) is 3.40. The minimum absolute atomic E-state index is 0.785. The van der Waals surface area contributed by atoms with Gasteiger partial charge in [-0.05, 0) is 41.8 Å². The molecule has 0 saturated carbocycles. The zero-order chi connectivity index (χ0) is 10.1. The van der Waals surface area contributed by atoms with Crippen LogP contribution in [-0.4, -0.2) is 11.3 Å². The molecule has 0 fully saturated rings. The Balaban J connectivity index is 2.58. The third kappa shape index (κ3) is 1.52. The van der Waals surface area contributed by atoms with Gasteiger partial charge in [-0.3, -0.25) is 9.78 Å². The minimum Gasteiger partial charge on any atom is -0.298 e. The molecule has 0 bridgehead atoms. The summed E-state index contributed by atoms with van der Waals surface area (Å²) in [5.41, 5.74) is 4.01. The summed E-state index contributed by atoms with van der Waals surface area (Å²) in [5, 5.41) is 0. The number of aldehydes is 1. The molecule has 0 radical (unpaired) electrons. The molecule has 1 aliphatic carbocycles. The SMILES string of the molecule is Cc1ccc2c(n1)CCC(C=O)=C2Br. The van der Waals surface area contributed by atoms with Gasteiger partial charge < -0.3 is 0 Å². The maximum absolute atomic E-state index is 10.7. The van der Waals surface area contributed by atoms with Crippen LogP contribution in [0.15, 0.2) is 17.7 Å². The number of carbonyl (C=O) groups excluding carboxylic acids is 1. The Bertz CT molecular complexity index is 423. The van der Waals surface area contributed by atoms with Crippen molar-refractivity contribution >= 4 is 26.7 Å². The van der Waals surface area contributed by atoms with Crippen LogP contribution in [0.4, 0.5) is 0 Å². The summed E-state index contributed by atoms with van der Waals surface area (Å²) in [6.07, 6.45) is 2.57. The number of carbonyl (C=O) groups is 1. The summed E-state index contributed by atoms with van der Waals surface area (Å²) in [6, 6.07) is 3.98. The summed E-state index contributed by atoms with van der Waals surface area (Å²) in [4.78, 5) is 15.2. The molecule has 1 heterocycles. The molecule has 0 spiro atoms.